The first-order chi connectivity index (χ1) is 12.6. The molecule has 26 heavy (non-hydrogen) atoms. The zero-order valence-corrected chi connectivity index (χ0v) is 15.0. The topological polar surface area (TPSA) is 65.1 Å². The maximum Gasteiger partial charge on any atom is 0.316 e. The number of anilines is 1. The van der Waals surface area contributed by atoms with Gasteiger partial charge in [-0.25, -0.2) is 0 Å². The molecule has 0 bridgehead atoms. The zero-order chi connectivity index (χ0) is 18.1. The fourth-order valence-corrected chi connectivity index (χ4v) is 3.43. The predicted molar refractivity (Wildman–Crippen MR) is 96.9 cm³/mol. The van der Waals surface area contributed by atoms with Gasteiger partial charge < -0.3 is 19.1 Å². The highest BCUT2D eigenvalue weighted by Crippen LogP contribution is 2.35. The first-order valence-electron chi connectivity index (χ1n) is 8.20. The lowest BCUT2D eigenvalue weighted by molar-refractivity contribution is -0.139. The Bertz CT molecular complexity index is 852. The van der Waals surface area contributed by atoms with Crippen molar-refractivity contribution in [3.63, 3.8) is 0 Å². The molecule has 4 rings (SSSR count). The number of amides is 1. The Morgan fingerprint density at radius 2 is 1.92 bits per heavy atom. The van der Waals surface area contributed by atoms with E-state index in [0.717, 1.165) is 10.6 Å². The van der Waals surface area contributed by atoms with Gasteiger partial charge in [-0.3, -0.25) is 9.59 Å². The van der Waals surface area contributed by atoms with Crippen LogP contribution in [0.25, 0.3) is 0 Å². The van der Waals surface area contributed by atoms with Crippen LogP contribution in [-0.4, -0.2) is 31.5 Å². The quantitative estimate of drug-likeness (QED) is 0.467. The number of carbonyl (C=O) groups excluding carboxylic acids is 2. The van der Waals surface area contributed by atoms with Gasteiger partial charge in [0.15, 0.2) is 11.5 Å². The number of rotatable bonds is 4. The molecule has 134 valence electrons. The van der Waals surface area contributed by atoms with E-state index >= 15 is 0 Å². The van der Waals surface area contributed by atoms with Crippen molar-refractivity contribution in [2.24, 2.45) is 5.92 Å². The molecule has 0 aromatic heterocycles. The minimum atomic E-state index is -0.492. The Morgan fingerprint density at radius 3 is 2.69 bits per heavy atom. The highest BCUT2D eigenvalue weighted by molar-refractivity contribution is 7.98. The Morgan fingerprint density at radius 1 is 1.15 bits per heavy atom. The summed E-state index contributed by atoms with van der Waals surface area (Å²) in [5.41, 5.74) is 0.797. The molecule has 0 N–H and O–H groups in total. The molecule has 1 amide bonds. The van der Waals surface area contributed by atoms with Crippen LogP contribution in [-0.2, 0) is 9.59 Å². The van der Waals surface area contributed by atoms with Gasteiger partial charge in [-0.2, -0.15) is 0 Å². The second-order valence-electron chi connectivity index (χ2n) is 6.04. The molecule has 2 aromatic rings. The molecule has 6 nitrogen and oxygen atoms in total. The fraction of sp³-hybridized carbons (Fsp3) is 0.263. The van der Waals surface area contributed by atoms with E-state index in [1.807, 2.05) is 30.5 Å². The predicted octanol–water partition coefficient (Wildman–Crippen LogP) is 3.10. The van der Waals surface area contributed by atoms with Crippen molar-refractivity contribution in [3.05, 3.63) is 42.5 Å². The van der Waals surface area contributed by atoms with E-state index in [4.69, 9.17) is 14.2 Å². The van der Waals surface area contributed by atoms with Crippen molar-refractivity contribution in [1.82, 2.24) is 0 Å². The lowest BCUT2D eigenvalue weighted by atomic mass is 10.1. The molecule has 0 aliphatic carbocycles. The van der Waals surface area contributed by atoms with Crippen LogP contribution in [0.2, 0.25) is 0 Å². The van der Waals surface area contributed by atoms with E-state index in [2.05, 4.69) is 0 Å². The summed E-state index contributed by atoms with van der Waals surface area (Å²) in [7, 11) is 0. The summed E-state index contributed by atoms with van der Waals surface area (Å²) < 4.78 is 16.0. The Balaban J connectivity index is 1.43. The van der Waals surface area contributed by atoms with Crippen molar-refractivity contribution < 1.29 is 23.8 Å². The second-order valence-corrected chi connectivity index (χ2v) is 6.92. The summed E-state index contributed by atoms with van der Waals surface area (Å²) >= 11 is 1.64. The molecule has 2 heterocycles. The number of esters is 1. The van der Waals surface area contributed by atoms with Crippen molar-refractivity contribution in [3.8, 4) is 17.2 Å². The van der Waals surface area contributed by atoms with Crippen LogP contribution in [0, 0.1) is 5.92 Å². The third-order valence-electron chi connectivity index (χ3n) is 4.40. The lowest BCUT2D eigenvalue weighted by Gasteiger charge is -2.16. The summed E-state index contributed by atoms with van der Waals surface area (Å²) in [6.07, 6.45) is 2.14. The average Bonchev–Trinajstić information content (AvgIpc) is 3.28. The van der Waals surface area contributed by atoms with Gasteiger partial charge in [-0.1, -0.05) is 0 Å². The minimum Gasteiger partial charge on any atom is -0.454 e. The zero-order valence-electron chi connectivity index (χ0n) is 14.1. The summed E-state index contributed by atoms with van der Waals surface area (Å²) in [4.78, 5) is 27.5. The van der Waals surface area contributed by atoms with Crippen molar-refractivity contribution in [1.29, 1.82) is 0 Å². The Labute approximate surface area is 155 Å². The van der Waals surface area contributed by atoms with Crippen LogP contribution in [0.1, 0.15) is 6.42 Å². The summed E-state index contributed by atoms with van der Waals surface area (Å²) in [6, 6.07) is 12.7. The molecule has 0 saturated carbocycles. The summed E-state index contributed by atoms with van der Waals surface area (Å²) in [5.74, 6) is 0.576. The van der Waals surface area contributed by atoms with Crippen LogP contribution >= 0.6 is 11.8 Å². The monoisotopic (exact) mass is 371 g/mol. The highest BCUT2D eigenvalue weighted by Gasteiger charge is 2.36. The van der Waals surface area contributed by atoms with Crippen LogP contribution in [0.5, 0.6) is 17.2 Å². The highest BCUT2D eigenvalue weighted by atomic mass is 32.2. The van der Waals surface area contributed by atoms with Crippen LogP contribution in [0.4, 0.5) is 5.69 Å². The van der Waals surface area contributed by atoms with Gasteiger partial charge in [-0.05, 0) is 42.7 Å². The van der Waals surface area contributed by atoms with Gasteiger partial charge in [0.2, 0.25) is 12.7 Å². The number of carbonyl (C=O) groups is 2. The van der Waals surface area contributed by atoms with E-state index in [9.17, 15) is 9.59 Å². The molecule has 1 saturated heterocycles. The second kappa shape index (κ2) is 6.92. The Hall–Kier alpha value is -2.67. The smallest absolute Gasteiger partial charge is 0.316 e. The van der Waals surface area contributed by atoms with Crippen LogP contribution in [0.3, 0.4) is 0 Å². The lowest BCUT2D eigenvalue weighted by Crippen LogP contribution is -2.27. The van der Waals surface area contributed by atoms with Crippen molar-refractivity contribution in [2.45, 2.75) is 11.3 Å². The molecule has 0 spiro atoms. The first kappa shape index (κ1) is 16.8. The van der Waals surface area contributed by atoms with Crippen LogP contribution in [0.15, 0.2) is 47.4 Å². The number of fused-ring (bicyclic) bond motifs is 1. The normalized spacial score (nSPS) is 18.3. The minimum absolute atomic E-state index is 0.0745. The third kappa shape index (κ3) is 3.22. The molecule has 1 atom stereocenters. The number of hydrogen-bond acceptors (Lipinski definition) is 6. The third-order valence-corrected chi connectivity index (χ3v) is 5.15. The maximum atomic E-state index is 12.5. The fourth-order valence-electron chi connectivity index (χ4n) is 3.02. The largest absolute Gasteiger partial charge is 0.454 e. The molecule has 2 aliphatic rings. The average molecular weight is 371 g/mol. The van der Waals surface area contributed by atoms with Gasteiger partial charge >= 0.3 is 5.97 Å². The standard InChI is InChI=1S/C19H17NO5S/c1-26-15-5-2-13(3-6-15)20-10-12(8-18(20)21)19(22)25-14-4-7-16-17(9-14)24-11-23-16/h2-7,9,12H,8,10-11H2,1H3. The molecule has 7 heteroatoms. The molecule has 1 fully saturated rings. The molecular formula is C19H17NO5S. The van der Waals surface area contributed by atoms with Gasteiger partial charge in [0.25, 0.3) is 0 Å². The van der Waals surface area contributed by atoms with Gasteiger partial charge in [0.05, 0.1) is 5.92 Å². The Kier molecular flexibility index (Phi) is 4.46. The van der Waals surface area contributed by atoms with E-state index in [0.29, 0.717) is 23.8 Å². The van der Waals surface area contributed by atoms with E-state index in [1.54, 1.807) is 34.9 Å². The molecule has 2 aliphatic heterocycles. The molecule has 1 unspecified atom stereocenters. The number of ether oxygens (including phenoxy) is 3. The first-order valence-corrected chi connectivity index (χ1v) is 9.42. The number of nitrogens with zero attached hydrogens (tertiary/aromatic N) is 1. The van der Waals surface area contributed by atoms with Crippen molar-refractivity contribution in [2.75, 3.05) is 24.5 Å². The molecule has 0 radical (unpaired) electrons. The van der Waals surface area contributed by atoms with Gasteiger partial charge in [0.1, 0.15) is 5.75 Å². The molecular weight excluding hydrogens is 354 g/mol. The maximum absolute atomic E-state index is 12.5. The summed E-state index contributed by atoms with van der Waals surface area (Å²) in [6.45, 7) is 0.481. The van der Waals surface area contributed by atoms with Crippen LogP contribution < -0.4 is 19.1 Å². The van der Waals surface area contributed by atoms with Gasteiger partial charge in [0, 0.05) is 29.6 Å². The number of benzene rings is 2. The number of thioether (sulfide) groups is 1. The summed E-state index contributed by atoms with van der Waals surface area (Å²) in [5, 5.41) is 0. The number of hydrogen-bond donors (Lipinski definition) is 0. The van der Waals surface area contributed by atoms with Crippen molar-refractivity contribution >= 4 is 29.3 Å². The SMILES string of the molecule is CSc1ccc(N2CC(C(=O)Oc3ccc4c(c3)OCO4)CC2=O)cc1. The van der Waals surface area contributed by atoms with E-state index < -0.39 is 11.9 Å². The van der Waals surface area contributed by atoms with Gasteiger partial charge in [-0.15, -0.1) is 11.8 Å². The van der Waals surface area contributed by atoms with E-state index in [1.165, 1.54) is 0 Å². The van der Waals surface area contributed by atoms with E-state index in [-0.39, 0.29) is 19.1 Å². The molecule has 2 aromatic carbocycles.